The third kappa shape index (κ3) is 2.89. The highest BCUT2D eigenvalue weighted by atomic mass is 35.5. The Morgan fingerprint density at radius 2 is 2.29 bits per heavy atom. The molecule has 1 aromatic rings. The van der Waals surface area contributed by atoms with Gasteiger partial charge in [0.1, 0.15) is 0 Å². The van der Waals surface area contributed by atoms with Crippen molar-refractivity contribution in [2.45, 2.75) is 13.3 Å². The minimum absolute atomic E-state index is 0.446. The maximum atomic E-state index is 10.5. The van der Waals surface area contributed by atoms with Crippen LogP contribution >= 0.6 is 11.6 Å². The van der Waals surface area contributed by atoms with Crippen LogP contribution in [0.4, 0.5) is 0 Å². The van der Waals surface area contributed by atoms with Gasteiger partial charge in [-0.1, -0.05) is 30.7 Å². The Morgan fingerprint density at radius 3 is 2.86 bits per heavy atom. The zero-order chi connectivity index (χ0) is 10.6. The monoisotopic (exact) mass is 209 g/mol. The van der Waals surface area contributed by atoms with Gasteiger partial charge in [0, 0.05) is 11.1 Å². The summed E-state index contributed by atoms with van der Waals surface area (Å²) in [5, 5.41) is 0.753. The molecule has 0 fully saturated rings. The quantitative estimate of drug-likeness (QED) is 0.764. The number of aryl methyl sites for hydroxylation is 1. The summed E-state index contributed by atoms with van der Waals surface area (Å²) in [7, 11) is 0. The van der Waals surface area contributed by atoms with E-state index in [-0.39, 0.29) is 0 Å². The van der Waals surface area contributed by atoms with E-state index in [1.807, 2.05) is 25.1 Å². The third-order valence-corrected chi connectivity index (χ3v) is 2.26. The maximum Gasteiger partial charge on any atom is 0.241 e. The molecule has 0 aliphatic rings. The number of hydrogen-bond donors (Lipinski definition) is 1. The summed E-state index contributed by atoms with van der Waals surface area (Å²) in [5.41, 5.74) is 6.99. The van der Waals surface area contributed by atoms with Crippen molar-refractivity contribution in [3.8, 4) is 0 Å². The Labute approximate surface area is 88.4 Å². The van der Waals surface area contributed by atoms with Crippen LogP contribution in [0.1, 0.15) is 18.1 Å². The molecule has 0 saturated heterocycles. The molecule has 1 amide bonds. The lowest BCUT2D eigenvalue weighted by molar-refractivity contribution is -0.113. The van der Waals surface area contributed by atoms with Crippen molar-refractivity contribution < 1.29 is 4.79 Å². The number of carbonyl (C=O) groups is 1. The van der Waals surface area contributed by atoms with Gasteiger partial charge in [-0.15, -0.1) is 0 Å². The molecule has 0 heterocycles. The zero-order valence-corrected chi connectivity index (χ0v) is 8.71. The van der Waals surface area contributed by atoms with Crippen molar-refractivity contribution in [1.29, 1.82) is 0 Å². The van der Waals surface area contributed by atoms with Crippen LogP contribution in [0.5, 0.6) is 0 Å². The summed E-state index contributed by atoms with van der Waals surface area (Å²) in [6, 6.07) is 5.61. The first kappa shape index (κ1) is 10.8. The number of rotatable bonds is 3. The predicted octanol–water partition coefficient (Wildman–Crippen LogP) is 2.40. The standard InChI is InChI=1S/C11H12ClNO/c1-2-9-7-8(3-5-10(9)12)4-6-11(13)14/h3-7H,2H2,1H3,(H2,13,14). The van der Waals surface area contributed by atoms with Gasteiger partial charge < -0.3 is 5.73 Å². The summed E-state index contributed by atoms with van der Waals surface area (Å²) in [4.78, 5) is 10.5. The maximum absolute atomic E-state index is 10.5. The summed E-state index contributed by atoms with van der Waals surface area (Å²) in [5.74, 6) is -0.446. The van der Waals surface area contributed by atoms with Gasteiger partial charge in [0.25, 0.3) is 0 Å². The van der Waals surface area contributed by atoms with Crippen LogP contribution in [-0.2, 0) is 11.2 Å². The molecule has 0 radical (unpaired) electrons. The van der Waals surface area contributed by atoms with E-state index in [1.165, 1.54) is 6.08 Å². The molecule has 2 nitrogen and oxygen atoms in total. The van der Waals surface area contributed by atoms with Crippen LogP contribution in [-0.4, -0.2) is 5.91 Å². The Kier molecular flexibility index (Phi) is 3.72. The Hall–Kier alpha value is -1.28. The van der Waals surface area contributed by atoms with Crippen molar-refractivity contribution in [2.24, 2.45) is 5.73 Å². The largest absolute Gasteiger partial charge is 0.366 e. The Bertz CT molecular complexity index is 372. The van der Waals surface area contributed by atoms with Crippen LogP contribution in [0.2, 0.25) is 5.02 Å². The van der Waals surface area contributed by atoms with Crippen molar-refractivity contribution in [3.05, 3.63) is 40.4 Å². The normalized spacial score (nSPS) is 10.7. The fourth-order valence-electron chi connectivity index (χ4n) is 1.15. The highest BCUT2D eigenvalue weighted by molar-refractivity contribution is 6.31. The van der Waals surface area contributed by atoms with Gasteiger partial charge in [-0.2, -0.15) is 0 Å². The second kappa shape index (κ2) is 4.82. The van der Waals surface area contributed by atoms with E-state index < -0.39 is 5.91 Å². The van der Waals surface area contributed by atoms with Crippen LogP contribution in [0, 0.1) is 0 Å². The van der Waals surface area contributed by atoms with Crippen LogP contribution in [0.3, 0.4) is 0 Å². The van der Waals surface area contributed by atoms with Crippen LogP contribution in [0.25, 0.3) is 6.08 Å². The van der Waals surface area contributed by atoms with Gasteiger partial charge in [-0.25, -0.2) is 0 Å². The summed E-state index contributed by atoms with van der Waals surface area (Å²) < 4.78 is 0. The van der Waals surface area contributed by atoms with E-state index >= 15 is 0 Å². The van der Waals surface area contributed by atoms with Crippen LogP contribution in [0.15, 0.2) is 24.3 Å². The highest BCUT2D eigenvalue weighted by Crippen LogP contribution is 2.18. The molecule has 0 aromatic heterocycles. The Morgan fingerprint density at radius 1 is 1.57 bits per heavy atom. The first-order chi connectivity index (χ1) is 6.63. The number of nitrogens with two attached hydrogens (primary N) is 1. The Balaban J connectivity index is 2.95. The van der Waals surface area contributed by atoms with Gasteiger partial charge in [-0.3, -0.25) is 4.79 Å². The molecule has 0 bridgehead atoms. The van der Waals surface area contributed by atoms with Crippen molar-refractivity contribution in [3.63, 3.8) is 0 Å². The molecule has 14 heavy (non-hydrogen) atoms. The predicted molar refractivity (Wildman–Crippen MR) is 59.1 cm³/mol. The lowest BCUT2D eigenvalue weighted by atomic mass is 10.1. The number of amides is 1. The van der Waals surface area contributed by atoms with Gasteiger partial charge >= 0.3 is 0 Å². The first-order valence-electron chi connectivity index (χ1n) is 4.39. The minimum Gasteiger partial charge on any atom is -0.366 e. The molecule has 0 aliphatic heterocycles. The number of primary amides is 1. The van der Waals surface area contributed by atoms with E-state index in [2.05, 4.69) is 0 Å². The SMILES string of the molecule is CCc1cc(C=CC(N)=O)ccc1Cl. The number of benzene rings is 1. The van der Waals surface area contributed by atoms with Gasteiger partial charge in [0.2, 0.25) is 5.91 Å². The van der Waals surface area contributed by atoms with Gasteiger partial charge in [0.05, 0.1) is 0 Å². The third-order valence-electron chi connectivity index (χ3n) is 1.89. The van der Waals surface area contributed by atoms with E-state index in [0.29, 0.717) is 0 Å². The fraction of sp³-hybridized carbons (Fsp3) is 0.182. The first-order valence-corrected chi connectivity index (χ1v) is 4.77. The lowest BCUT2D eigenvalue weighted by Crippen LogP contribution is -2.05. The van der Waals surface area contributed by atoms with Gasteiger partial charge in [0.15, 0.2) is 0 Å². The molecule has 3 heteroatoms. The average molecular weight is 210 g/mol. The molecular formula is C11H12ClNO. The fourth-order valence-corrected chi connectivity index (χ4v) is 1.40. The average Bonchev–Trinajstić information content (AvgIpc) is 2.16. The van der Waals surface area contributed by atoms with E-state index in [4.69, 9.17) is 17.3 Å². The minimum atomic E-state index is -0.446. The molecule has 1 aromatic carbocycles. The van der Waals surface area contributed by atoms with Gasteiger partial charge in [-0.05, 0) is 29.7 Å². The molecular weight excluding hydrogens is 198 g/mol. The van der Waals surface area contributed by atoms with E-state index in [1.54, 1.807) is 6.08 Å². The zero-order valence-electron chi connectivity index (χ0n) is 7.96. The van der Waals surface area contributed by atoms with Crippen molar-refractivity contribution >= 4 is 23.6 Å². The van der Waals surface area contributed by atoms with E-state index in [9.17, 15) is 4.79 Å². The number of hydrogen-bond acceptors (Lipinski definition) is 1. The van der Waals surface area contributed by atoms with E-state index in [0.717, 1.165) is 22.6 Å². The number of halogens is 1. The topological polar surface area (TPSA) is 43.1 Å². The molecule has 74 valence electrons. The second-order valence-electron chi connectivity index (χ2n) is 2.94. The summed E-state index contributed by atoms with van der Waals surface area (Å²) in [6.07, 6.45) is 3.89. The molecule has 0 spiro atoms. The molecule has 0 unspecified atom stereocenters. The molecule has 2 N–H and O–H groups in total. The van der Waals surface area contributed by atoms with Crippen LogP contribution < -0.4 is 5.73 Å². The van der Waals surface area contributed by atoms with Crippen molar-refractivity contribution in [2.75, 3.05) is 0 Å². The summed E-state index contributed by atoms with van der Waals surface area (Å²) >= 11 is 5.94. The molecule has 0 saturated carbocycles. The van der Waals surface area contributed by atoms with Crippen molar-refractivity contribution in [1.82, 2.24) is 0 Å². The lowest BCUT2D eigenvalue weighted by Gasteiger charge is -2.01. The molecule has 0 aliphatic carbocycles. The second-order valence-corrected chi connectivity index (χ2v) is 3.35. The number of carbonyl (C=O) groups excluding carboxylic acids is 1. The summed E-state index contributed by atoms with van der Waals surface area (Å²) in [6.45, 7) is 2.03. The smallest absolute Gasteiger partial charge is 0.241 e. The molecule has 1 rings (SSSR count). The highest BCUT2D eigenvalue weighted by Gasteiger charge is 1.97. The molecule has 0 atom stereocenters.